The second kappa shape index (κ2) is 1.97. The van der Waals surface area contributed by atoms with Crippen LogP contribution in [0.1, 0.15) is 39.0 Å². The summed E-state index contributed by atoms with van der Waals surface area (Å²) in [7, 11) is 0. The Balaban J connectivity index is 1.98. The van der Waals surface area contributed by atoms with Gasteiger partial charge < -0.3 is 5.11 Å². The Hall–Kier alpha value is -0.0400. The average molecular weight is 140 g/mol. The van der Waals surface area contributed by atoms with E-state index < -0.39 is 0 Å². The zero-order valence-electron chi connectivity index (χ0n) is 6.64. The number of rotatable bonds is 1. The molecule has 0 bridgehead atoms. The molecule has 2 saturated carbocycles. The Morgan fingerprint density at radius 3 is 3.00 bits per heavy atom. The molecule has 0 aromatic carbocycles. The third-order valence-electron chi connectivity index (χ3n) is 3.59. The second-order valence-electron chi connectivity index (χ2n) is 4.05. The SMILES string of the molecule is CCC12CCC(O)CC1C2. The minimum atomic E-state index is 0.0344. The minimum Gasteiger partial charge on any atom is -0.393 e. The quantitative estimate of drug-likeness (QED) is 0.590. The molecular formula is C9H16O. The van der Waals surface area contributed by atoms with Crippen LogP contribution >= 0.6 is 0 Å². The van der Waals surface area contributed by atoms with Crippen LogP contribution in [0.2, 0.25) is 0 Å². The van der Waals surface area contributed by atoms with Gasteiger partial charge in [0, 0.05) is 0 Å². The molecular weight excluding hydrogens is 124 g/mol. The summed E-state index contributed by atoms with van der Waals surface area (Å²) in [6, 6.07) is 0. The Morgan fingerprint density at radius 2 is 2.40 bits per heavy atom. The van der Waals surface area contributed by atoms with Crippen molar-refractivity contribution in [3.63, 3.8) is 0 Å². The highest BCUT2D eigenvalue weighted by Gasteiger charge is 2.54. The summed E-state index contributed by atoms with van der Waals surface area (Å²) >= 11 is 0. The summed E-state index contributed by atoms with van der Waals surface area (Å²) in [5.74, 6) is 0.890. The van der Waals surface area contributed by atoms with Gasteiger partial charge in [-0.2, -0.15) is 0 Å². The van der Waals surface area contributed by atoms with E-state index in [1.165, 1.54) is 19.3 Å². The largest absolute Gasteiger partial charge is 0.393 e. The van der Waals surface area contributed by atoms with E-state index in [0.717, 1.165) is 18.8 Å². The molecule has 2 rings (SSSR count). The highest BCUT2D eigenvalue weighted by Crippen LogP contribution is 2.63. The molecule has 3 unspecified atom stereocenters. The van der Waals surface area contributed by atoms with Gasteiger partial charge in [0.05, 0.1) is 6.10 Å². The monoisotopic (exact) mass is 140 g/mol. The van der Waals surface area contributed by atoms with Gasteiger partial charge in [0.25, 0.3) is 0 Å². The number of fused-ring (bicyclic) bond motifs is 1. The molecule has 1 heteroatoms. The Labute approximate surface area is 62.4 Å². The molecule has 0 heterocycles. The van der Waals surface area contributed by atoms with Gasteiger partial charge in [-0.25, -0.2) is 0 Å². The summed E-state index contributed by atoms with van der Waals surface area (Å²) < 4.78 is 0. The molecule has 0 spiro atoms. The predicted molar refractivity (Wildman–Crippen MR) is 40.7 cm³/mol. The highest BCUT2D eigenvalue weighted by atomic mass is 16.3. The molecule has 2 aliphatic carbocycles. The molecule has 0 radical (unpaired) electrons. The van der Waals surface area contributed by atoms with E-state index in [4.69, 9.17) is 0 Å². The standard InChI is InChI=1S/C9H16O/c1-2-9-4-3-8(10)5-7(9)6-9/h7-8,10H,2-6H2,1H3. The Bertz CT molecular complexity index is 144. The van der Waals surface area contributed by atoms with Gasteiger partial charge in [-0.3, -0.25) is 0 Å². The molecule has 0 saturated heterocycles. The van der Waals surface area contributed by atoms with Crippen molar-refractivity contribution >= 4 is 0 Å². The van der Waals surface area contributed by atoms with Gasteiger partial charge in [0.2, 0.25) is 0 Å². The first kappa shape index (κ1) is 6.66. The van der Waals surface area contributed by atoms with Crippen molar-refractivity contribution in [3.05, 3.63) is 0 Å². The van der Waals surface area contributed by atoms with Gasteiger partial charge in [-0.05, 0) is 37.0 Å². The van der Waals surface area contributed by atoms with Crippen LogP contribution in [0.5, 0.6) is 0 Å². The zero-order chi connectivity index (χ0) is 7.19. The molecule has 1 N–H and O–H groups in total. The molecule has 3 atom stereocenters. The third kappa shape index (κ3) is 0.800. The fourth-order valence-electron chi connectivity index (χ4n) is 2.58. The maximum atomic E-state index is 9.32. The fraction of sp³-hybridized carbons (Fsp3) is 1.00. The first-order valence-corrected chi connectivity index (χ1v) is 4.45. The molecule has 0 amide bonds. The van der Waals surface area contributed by atoms with Gasteiger partial charge in [0.1, 0.15) is 0 Å². The number of aliphatic hydroxyl groups is 1. The van der Waals surface area contributed by atoms with E-state index in [1.54, 1.807) is 0 Å². The summed E-state index contributed by atoms with van der Waals surface area (Å²) in [6.07, 6.45) is 6.21. The van der Waals surface area contributed by atoms with E-state index in [1.807, 2.05) is 0 Å². The second-order valence-corrected chi connectivity index (χ2v) is 4.05. The maximum Gasteiger partial charge on any atom is 0.0543 e. The van der Waals surface area contributed by atoms with Gasteiger partial charge >= 0.3 is 0 Å². The topological polar surface area (TPSA) is 20.2 Å². The molecule has 0 aromatic heterocycles. The van der Waals surface area contributed by atoms with Crippen LogP contribution in [0.4, 0.5) is 0 Å². The first-order chi connectivity index (χ1) is 4.77. The van der Waals surface area contributed by atoms with E-state index in [2.05, 4.69) is 6.92 Å². The van der Waals surface area contributed by atoms with Crippen LogP contribution in [0, 0.1) is 11.3 Å². The van der Waals surface area contributed by atoms with Gasteiger partial charge in [0.15, 0.2) is 0 Å². The van der Waals surface area contributed by atoms with Crippen molar-refractivity contribution in [1.29, 1.82) is 0 Å². The average Bonchev–Trinajstić information content (AvgIpc) is 2.62. The number of hydrogen-bond acceptors (Lipinski definition) is 1. The van der Waals surface area contributed by atoms with Crippen LogP contribution < -0.4 is 0 Å². The van der Waals surface area contributed by atoms with Crippen molar-refractivity contribution in [2.45, 2.75) is 45.1 Å². The number of aliphatic hydroxyl groups excluding tert-OH is 1. The van der Waals surface area contributed by atoms with E-state index in [9.17, 15) is 5.11 Å². The lowest BCUT2D eigenvalue weighted by atomic mass is 9.85. The van der Waals surface area contributed by atoms with Crippen molar-refractivity contribution < 1.29 is 5.11 Å². The summed E-state index contributed by atoms with van der Waals surface area (Å²) in [5.41, 5.74) is 0.708. The zero-order valence-corrected chi connectivity index (χ0v) is 6.64. The lowest BCUT2D eigenvalue weighted by Gasteiger charge is -2.23. The van der Waals surface area contributed by atoms with Crippen molar-refractivity contribution in [2.24, 2.45) is 11.3 Å². The van der Waals surface area contributed by atoms with E-state index in [0.29, 0.717) is 5.41 Å². The van der Waals surface area contributed by atoms with Crippen molar-refractivity contribution in [3.8, 4) is 0 Å². The molecule has 10 heavy (non-hydrogen) atoms. The lowest BCUT2D eigenvalue weighted by Crippen LogP contribution is -2.19. The Morgan fingerprint density at radius 1 is 1.60 bits per heavy atom. The van der Waals surface area contributed by atoms with Crippen LogP contribution in [0.25, 0.3) is 0 Å². The molecule has 2 fully saturated rings. The molecule has 58 valence electrons. The smallest absolute Gasteiger partial charge is 0.0543 e. The molecule has 2 aliphatic rings. The summed E-state index contributed by atoms with van der Waals surface area (Å²) in [6.45, 7) is 2.29. The predicted octanol–water partition coefficient (Wildman–Crippen LogP) is 1.95. The van der Waals surface area contributed by atoms with Crippen LogP contribution in [-0.2, 0) is 0 Å². The fourth-order valence-corrected chi connectivity index (χ4v) is 2.58. The molecule has 0 aliphatic heterocycles. The van der Waals surface area contributed by atoms with Crippen LogP contribution in [0.3, 0.4) is 0 Å². The lowest BCUT2D eigenvalue weighted by molar-refractivity contribution is 0.104. The third-order valence-corrected chi connectivity index (χ3v) is 3.59. The minimum absolute atomic E-state index is 0.0344. The summed E-state index contributed by atoms with van der Waals surface area (Å²) in [5, 5.41) is 9.32. The highest BCUT2D eigenvalue weighted by molar-refractivity contribution is 5.04. The normalized spacial score (nSPS) is 52.2. The van der Waals surface area contributed by atoms with Crippen LogP contribution in [-0.4, -0.2) is 11.2 Å². The first-order valence-electron chi connectivity index (χ1n) is 4.45. The van der Waals surface area contributed by atoms with Crippen molar-refractivity contribution in [2.75, 3.05) is 0 Å². The van der Waals surface area contributed by atoms with Gasteiger partial charge in [-0.15, -0.1) is 0 Å². The molecule has 1 nitrogen and oxygen atoms in total. The van der Waals surface area contributed by atoms with E-state index >= 15 is 0 Å². The summed E-state index contributed by atoms with van der Waals surface area (Å²) in [4.78, 5) is 0. The molecule has 0 aromatic rings. The van der Waals surface area contributed by atoms with Crippen molar-refractivity contribution in [1.82, 2.24) is 0 Å². The van der Waals surface area contributed by atoms with Gasteiger partial charge in [-0.1, -0.05) is 13.3 Å². The van der Waals surface area contributed by atoms with Crippen LogP contribution in [0.15, 0.2) is 0 Å². The Kier molecular flexibility index (Phi) is 1.31. The van der Waals surface area contributed by atoms with E-state index in [-0.39, 0.29) is 6.10 Å². The maximum absolute atomic E-state index is 9.32. The number of hydrogen-bond donors (Lipinski definition) is 1.